The van der Waals surface area contributed by atoms with Gasteiger partial charge in [-0.2, -0.15) is 4.98 Å². The van der Waals surface area contributed by atoms with E-state index in [0.717, 1.165) is 0 Å². The van der Waals surface area contributed by atoms with E-state index in [9.17, 15) is 10.1 Å². The molecule has 0 aliphatic heterocycles. The van der Waals surface area contributed by atoms with Gasteiger partial charge in [0.25, 0.3) is 0 Å². The van der Waals surface area contributed by atoms with Gasteiger partial charge < -0.3 is 10.2 Å². The SMILES string of the molecule is NNc1nc(Oc2ccccc2[N+](=O)[O-])c(Cl)cc1Cl. The highest BCUT2D eigenvalue weighted by molar-refractivity contribution is 6.36. The zero-order valence-electron chi connectivity index (χ0n) is 9.84. The normalized spacial score (nSPS) is 10.2. The van der Waals surface area contributed by atoms with E-state index < -0.39 is 4.92 Å². The molecule has 20 heavy (non-hydrogen) atoms. The summed E-state index contributed by atoms with van der Waals surface area (Å²) in [6.45, 7) is 0. The van der Waals surface area contributed by atoms with Crippen molar-refractivity contribution < 1.29 is 9.66 Å². The first-order valence-electron chi connectivity index (χ1n) is 5.27. The molecule has 0 saturated carbocycles. The van der Waals surface area contributed by atoms with Gasteiger partial charge in [-0.3, -0.25) is 10.1 Å². The van der Waals surface area contributed by atoms with E-state index in [-0.39, 0.29) is 33.2 Å². The Labute approximate surface area is 123 Å². The highest BCUT2D eigenvalue weighted by Gasteiger charge is 2.17. The number of nitrogens with zero attached hydrogens (tertiary/aromatic N) is 2. The minimum absolute atomic E-state index is 0.0113. The molecule has 9 heteroatoms. The van der Waals surface area contributed by atoms with Crippen molar-refractivity contribution in [2.24, 2.45) is 5.84 Å². The number of nitro groups is 1. The average Bonchev–Trinajstić information content (AvgIpc) is 2.42. The average molecular weight is 315 g/mol. The number of ether oxygens (including phenoxy) is 1. The van der Waals surface area contributed by atoms with Gasteiger partial charge in [-0.1, -0.05) is 35.3 Å². The fourth-order valence-electron chi connectivity index (χ4n) is 1.42. The van der Waals surface area contributed by atoms with E-state index in [1.54, 1.807) is 6.07 Å². The van der Waals surface area contributed by atoms with Crippen LogP contribution in [0.15, 0.2) is 30.3 Å². The number of rotatable bonds is 4. The molecule has 104 valence electrons. The Morgan fingerprint density at radius 3 is 2.65 bits per heavy atom. The van der Waals surface area contributed by atoms with E-state index in [1.165, 1.54) is 24.3 Å². The molecule has 0 radical (unpaired) electrons. The summed E-state index contributed by atoms with van der Waals surface area (Å²) >= 11 is 11.8. The summed E-state index contributed by atoms with van der Waals surface area (Å²) < 4.78 is 5.36. The number of nitrogen functional groups attached to an aromatic ring is 1. The fourth-order valence-corrected chi connectivity index (χ4v) is 1.87. The van der Waals surface area contributed by atoms with E-state index in [2.05, 4.69) is 10.4 Å². The smallest absolute Gasteiger partial charge is 0.311 e. The molecule has 7 nitrogen and oxygen atoms in total. The van der Waals surface area contributed by atoms with Gasteiger partial charge in [0.05, 0.1) is 9.95 Å². The molecular weight excluding hydrogens is 307 g/mol. The van der Waals surface area contributed by atoms with E-state index in [0.29, 0.717) is 0 Å². The maximum absolute atomic E-state index is 10.9. The second-order valence-corrected chi connectivity index (χ2v) is 4.39. The standard InChI is InChI=1S/C11H8Cl2N4O3/c12-6-5-7(13)11(15-10(6)16-14)20-9-4-2-1-3-8(9)17(18)19/h1-5H,14H2,(H,15,16). The highest BCUT2D eigenvalue weighted by atomic mass is 35.5. The van der Waals surface area contributed by atoms with Crippen LogP contribution in [-0.4, -0.2) is 9.91 Å². The van der Waals surface area contributed by atoms with Crippen molar-refractivity contribution in [2.45, 2.75) is 0 Å². The molecule has 1 aromatic carbocycles. The maximum atomic E-state index is 10.9. The van der Waals surface area contributed by atoms with Crippen LogP contribution < -0.4 is 16.0 Å². The molecule has 0 saturated heterocycles. The Morgan fingerprint density at radius 1 is 1.30 bits per heavy atom. The molecule has 0 amide bonds. The monoisotopic (exact) mass is 314 g/mol. The van der Waals surface area contributed by atoms with Crippen LogP contribution in [0.3, 0.4) is 0 Å². The number of hydrogen-bond donors (Lipinski definition) is 2. The number of aromatic nitrogens is 1. The lowest BCUT2D eigenvalue weighted by Gasteiger charge is -2.09. The summed E-state index contributed by atoms with van der Waals surface area (Å²) in [6.07, 6.45) is 0. The lowest BCUT2D eigenvalue weighted by molar-refractivity contribution is -0.385. The summed E-state index contributed by atoms with van der Waals surface area (Å²) in [5.74, 6) is 5.35. The number of para-hydroxylation sites is 2. The predicted octanol–water partition coefficient (Wildman–Crippen LogP) is 3.37. The van der Waals surface area contributed by atoms with Crippen molar-refractivity contribution in [2.75, 3.05) is 5.43 Å². The number of anilines is 1. The predicted molar refractivity (Wildman–Crippen MR) is 75.2 cm³/mol. The Hall–Kier alpha value is -2.09. The molecule has 1 aromatic heterocycles. The topological polar surface area (TPSA) is 103 Å². The number of hydrazine groups is 1. The Balaban J connectivity index is 2.42. The van der Waals surface area contributed by atoms with E-state index in [1.807, 2.05) is 0 Å². The van der Waals surface area contributed by atoms with Crippen LogP contribution in [0.25, 0.3) is 0 Å². The van der Waals surface area contributed by atoms with Crippen LogP contribution in [-0.2, 0) is 0 Å². The number of benzene rings is 1. The lowest BCUT2D eigenvalue weighted by atomic mass is 10.3. The summed E-state index contributed by atoms with van der Waals surface area (Å²) in [7, 11) is 0. The van der Waals surface area contributed by atoms with E-state index in [4.69, 9.17) is 33.8 Å². The first-order valence-corrected chi connectivity index (χ1v) is 6.02. The van der Waals surface area contributed by atoms with Gasteiger partial charge in [0.2, 0.25) is 11.6 Å². The summed E-state index contributed by atoms with van der Waals surface area (Å²) in [6, 6.07) is 7.22. The van der Waals surface area contributed by atoms with Gasteiger partial charge in [-0.25, -0.2) is 5.84 Å². The van der Waals surface area contributed by atoms with Crippen molar-refractivity contribution in [3.8, 4) is 11.6 Å². The first-order chi connectivity index (χ1) is 9.52. The first kappa shape index (κ1) is 14.3. The van der Waals surface area contributed by atoms with Crippen LogP contribution in [0.5, 0.6) is 11.6 Å². The van der Waals surface area contributed by atoms with Gasteiger partial charge in [-0.05, 0) is 12.1 Å². The van der Waals surface area contributed by atoms with Crippen molar-refractivity contribution in [1.82, 2.24) is 4.98 Å². The number of nitrogens with one attached hydrogen (secondary N) is 1. The Bertz CT molecular complexity index is 666. The minimum Gasteiger partial charge on any atom is -0.430 e. The van der Waals surface area contributed by atoms with Gasteiger partial charge in [0.15, 0.2) is 5.82 Å². The molecule has 0 fully saturated rings. The Morgan fingerprint density at radius 2 is 2.00 bits per heavy atom. The molecule has 0 atom stereocenters. The molecule has 3 N–H and O–H groups in total. The fraction of sp³-hybridized carbons (Fsp3) is 0. The highest BCUT2D eigenvalue weighted by Crippen LogP contribution is 2.36. The lowest BCUT2D eigenvalue weighted by Crippen LogP contribution is -2.09. The second kappa shape index (κ2) is 5.91. The maximum Gasteiger partial charge on any atom is 0.311 e. The van der Waals surface area contributed by atoms with Crippen molar-refractivity contribution >= 4 is 34.7 Å². The minimum atomic E-state index is -0.568. The molecule has 1 heterocycles. The molecule has 0 aliphatic carbocycles. The molecular formula is C11H8Cl2N4O3. The van der Waals surface area contributed by atoms with E-state index >= 15 is 0 Å². The zero-order valence-corrected chi connectivity index (χ0v) is 11.4. The third-order valence-corrected chi connectivity index (χ3v) is 2.86. The van der Waals surface area contributed by atoms with Crippen LogP contribution in [0.1, 0.15) is 0 Å². The van der Waals surface area contributed by atoms with Gasteiger partial charge in [-0.15, -0.1) is 0 Å². The Kier molecular flexibility index (Phi) is 4.23. The molecule has 0 spiro atoms. The van der Waals surface area contributed by atoms with Crippen LogP contribution in [0, 0.1) is 10.1 Å². The number of nitrogens with two attached hydrogens (primary N) is 1. The summed E-state index contributed by atoms with van der Waals surface area (Å²) in [4.78, 5) is 14.3. The van der Waals surface area contributed by atoms with Gasteiger partial charge >= 0.3 is 5.69 Å². The van der Waals surface area contributed by atoms with Crippen molar-refractivity contribution in [3.63, 3.8) is 0 Å². The molecule has 2 aromatic rings. The molecule has 0 bridgehead atoms. The third-order valence-electron chi connectivity index (χ3n) is 2.30. The quantitative estimate of drug-likeness (QED) is 0.509. The zero-order chi connectivity index (χ0) is 14.7. The van der Waals surface area contributed by atoms with Crippen LogP contribution >= 0.6 is 23.2 Å². The number of pyridine rings is 1. The second-order valence-electron chi connectivity index (χ2n) is 3.58. The number of nitro benzene ring substituents is 1. The van der Waals surface area contributed by atoms with Crippen molar-refractivity contribution in [3.05, 3.63) is 50.5 Å². The summed E-state index contributed by atoms with van der Waals surface area (Å²) in [5.41, 5.74) is 2.06. The third kappa shape index (κ3) is 2.90. The number of hydrogen-bond acceptors (Lipinski definition) is 6. The largest absolute Gasteiger partial charge is 0.430 e. The van der Waals surface area contributed by atoms with Gasteiger partial charge in [0, 0.05) is 6.07 Å². The molecule has 0 aliphatic rings. The van der Waals surface area contributed by atoms with Gasteiger partial charge in [0.1, 0.15) is 5.02 Å². The molecule has 0 unspecified atom stereocenters. The number of halogens is 2. The summed E-state index contributed by atoms with van der Waals surface area (Å²) in [5, 5.41) is 11.2. The van der Waals surface area contributed by atoms with Crippen molar-refractivity contribution in [1.29, 1.82) is 0 Å². The molecule has 2 rings (SSSR count). The van der Waals surface area contributed by atoms with Crippen LogP contribution in [0.2, 0.25) is 10.0 Å². The van der Waals surface area contributed by atoms with Crippen LogP contribution in [0.4, 0.5) is 11.5 Å².